The molecule has 6 nitrogen and oxygen atoms in total. The maximum absolute atomic E-state index is 12.5. The van der Waals surface area contributed by atoms with Gasteiger partial charge in [0.2, 0.25) is 5.91 Å². The Balaban J connectivity index is 3.36. The summed E-state index contributed by atoms with van der Waals surface area (Å²) in [5, 5.41) is 23.3. The number of esters is 1. The molecule has 3 N–H and O–H groups in total. The van der Waals surface area contributed by atoms with Crippen LogP contribution >= 0.6 is 0 Å². The topological polar surface area (TPSA) is 95.9 Å². The van der Waals surface area contributed by atoms with E-state index in [0.29, 0.717) is 25.9 Å². The Morgan fingerprint density at radius 3 is 0.884 bits per heavy atom. The molecule has 0 aromatic rings. The van der Waals surface area contributed by atoms with Crippen LogP contribution in [0, 0.1) is 0 Å². The standard InChI is InChI=1S/C63H125NO5/c1-3-5-7-9-11-13-15-17-19-20-25-29-33-37-41-45-49-53-57-63(68)69-58-54-50-46-42-38-34-30-26-23-21-22-24-28-32-36-40-44-48-52-56-62(67)64-60(59-65)61(66)55-51-47-43-39-35-31-27-18-16-14-12-10-8-6-4-2/h60-61,65-66H,3-59H2,1-2H3,(H,64,67). The van der Waals surface area contributed by atoms with Gasteiger partial charge in [0.25, 0.3) is 0 Å². The van der Waals surface area contributed by atoms with Crippen LogP contribution in [-0.4, -0.2) is 47.4 Å². The molecule has 412 valence electrons. The number of nitrogens with one attached hydrogen (secondary N) is 1. The van der Waals surface area contributed by atoms with Crippen LogP contribution in [0.15, 0.2) is 0 Å². The van der Waals surface area contributed by atoms with E-state index in [9.17, 15) is 19.8 Å². The Kier molecular flexibility index (Phi) is 58.4. The number of hydrogen-bond donors (Lipinski definition) is 3. The smallest absolute Gasteiger partial charge is 0.305 e. The average molecular weight is 977 g/mol. The third-order valence-electron chi connectivity index (χ3n) is 15.2. The Morgan fingerprint density at radius 1 is 0.348 bits per heavy atom. The first kappa shape index (κ1) is 67.9. The number of ether oxygens (including phenoxy) is 1. The van der Waals surface area contributed by atoms with E-state index in [-0.39, 0.29) is 18.5 Å². The highest BCUT2D eigenvalue weighted by molar-refractivity contribution is 5.76. The molecule has 69 heavy (non-hydrogen) atoms. The fourth-order valence-corrected chi connectivity index (χ4v) is 10.3. The molecule has 6 heteroatoms. The van der Waals surface area contributed by atoms with E-state index in [1.165, 1.54) is 295 Å². The highest BCUT2D eigenvalue weighted by Gasteiger charge is 2.20. The predicted molar refractivity (Wildman–Crippen MR) is 301 cm³/mol. The second-order valence-electron chi connectivity index (χ2n) is 22.1. The Morgan fingerprint density at radius 2 is 0.594 bits per heavy atom. The lowest BCUT2D eigenvalue weighted by Gasteiger charge is -2.22. The molecule has 0 aliphatic rings. The van der Waals surface area contributed by atoms with Crippen molar-refractivity contribution in [3.05, 3.63) is 0 Å². The van der Waals surface area contributed by atoms with Gasteiger partial charge in [-0.05, 0) is 25.7 Å². The van der Waals surface area contributed by atoms with Gasteiger partial charge in [0.15, 0.2) is 0 Å². The zero-order valence-corrected chi connectivity index (χ0v) is 47.1. The van der Waals surface area contributed by atoms with Gasteiger partial charge in [-0.3, -0.25) is 9.59 Å². The Bertz CT molecular complexity index is 990. The van der Waals surface area contributed by atoms with Crippen molar-refractivity contribution in [2.45, 2.75) is 379 Å². The summed E-state index contributed by atoms with van der Waals surface area (Å²) in [7, 11) is 0. The normalized spacial score (nSPS) is 12.5. The van der Waals surface area contributed by atoms with Gasteiger partial charge in [-0.1, -0.05) is 328 Å². The third kappa shape index (κ3) is 56.0. The van der Waals surface area contributed by atoms with Crippen LogP contribution in [-0.2, 0) is 14.3 Å². The molecule has 0 saturated carbocycles. The summed E-state index contributed by atoms with van der Waals surface area (Å²) in [5.74, 6) is -0.0198. The van der Waals surface area contributed by atoms with Crippen molar-refractivity contribution in [1.29, 1.82) is 0 Å². The van der Waals surface area contributed by atoms with Crippen molar-refractivity contribution in [2.24, 2.45) is 0 Å². The summed E-state index contributed by atoms with van der Waals surface area (Å²) in [6.07, 6.45) is 69.7. The van der Waals surface area contributed by atoms with Crippen LogP contribution in [0.25, 0.3) is 0 Å². The molecule has 0 spiro atoms. The Hall–Kier alpha value is -1.14. The minimum atomic E-state index is -0.665. The maximum atomic E-state index is 12.5. The first-order chi connectivity index (χ1) is 34.0. The number of aliphatic hydroxyl groups is 2. The van der Waals surface area contributed by atoms with E-state index in [2.05, 4.69) is 19.2 Å². The fourth-order valence-electron chi connectivity index (χ4n) is 10.3. The number of carbonyl (C=O) groups excluding carboxylic acids is 2. The zero-order valence-electron chi connectivity index (χ0n) is 47.1. The number of amides is 1. The van der Waals surface area contributed by atoms with Crippen molar-refractivity contribution in [2.75, 3.05) is 13.2 Å². The van der Waals surface area contributed by atoms with E-state index in [4.69, 9.17) is 4.74 Å². The van der Waals surface area contributed by atoms with E-state index in [1.807, 2.05) is 0 Å². The van der Waals surface area contributed by atoms with Crippen molar-refractivity contribution in [1.82, 2.24) is 5.32 Å². The molecule has 0 heterocycles. The molecular formula is C63H125NO5. The van der Waals surface area contributed by atoms with Crippen LogP contribution in [0.3, 0.4) is 0 Å². The summed E-state index contributed by atoms with van der Waals surface area (Å²) in [6.45, 7) is 4.99. The molecule has 2 unspecified atom stereocenters. The molecule has 0 radical (unpaired) electrons. The molecule has 0 aliphatic heterocycles. The van der Waals surface area contributed by atoms with Crippen LogP contribution in [0.5, 0.6) is 0 Å². The summed E-state index contributed by atoms with van der Waals surface area (Å²) < 4.78 is 5.50. The highest BCUT2D eigenvalue weighted by atomic mass is 16.5. The van der Waals surface area contributed by atoms with Gasteiger partial charge in [-0.25, -0.2) is 0 Å². The van der Waals surface area contributed by atoms with Crippen molar-refractivity contribution >= 4 is 11.9 Å². The van der Waals surface area contributed by atoms with Crippen molar-refractivity contribution in [3.63, 3.8) is 0 Å². The molecule has 0 rings (SSSR count). The SMILES string of the molecule is CCCCCCCCCCCCCCCCCCCCC(=O)OCCCCCCCCCCCCCCCCCCCCCC(=O)NC(CO)C(O)CCCCCCCCCCCCCCCCC. The molecule has 0 fully saturated rings. The molecule has 0 bridgehead atoms. The van der Waals surface area contributed by atoms with Crippen LogP contribution in [0.1, 0.15) is 367 Å². The Labute approximate surface area is 432 Å². The predicted octanol–water partition coefficient (Wildman–Crippen LogP) is 19.9. The van der Waals surface area contributed by atoms with E-state index in [0.717, 1.165) is 38.5 Å². The summed E-state index contributed by atoms with van der Waals surface area (Å²) >= 11 is 0. The van der Waals surface area contributed by atoms with Crippen LogP contribution < -0.4 is 5.32 Å². The zero-order chi connectivity index (χ0) is 50.0. The molecular weight excluding hydrogens is 851 g/mol. The van der Waals surface area contributed by atoms with Gasteiger partial charge in [0.1, 0.15) is 0 Å². The van der Waals surface area contributed by atoms with Gasteiger partial charge in [0.05, 0.1) is 25.4 Å². The molecule has 0 aromatic heterocycles. The highest BCUT2D eigenvalue weighted by Crippen LogP contribution is 2.19. The number of carbonyl (C=O) groups is 2. The van der Waals surface area contributed by atoms with Crippen molar-refractivity contribution < 1.29 is 24.5 Å². The van der Waals surface area contributed by atoms with Gasteiger partial charge in [-0.15, -0.1) is 0 Å². The third-order valence-corrected chi connectivity index (χ3v) is 15.2. The summed E-state index contributed by atoms with van der Waals surface area (Å²) in [6, 6.07) is -0.542. The summed E-state index contributed by atoms with van der Waals surface area (Å²) in [5.41, 5.74) is 0. The first-order valence-corrected chi connectivity index (χ1v) is 31.8. The number of rotatable bonds is 60. The molecule has 0 aromatic carbocycles. The lowest BCUT2D eigenvalue weighted by molar-refractivity contribution is -0.143. The minimum absolute atomic E-state index is 0.0147. The summed E-state index contributed by atoms with van der Waals surface area (Å²) in [4.78, 5) is 24.6. The quantitative estimate of drug-likeness (QED) is 0.0417. The minimum Gasteiger partial charge on any atom is -0.466 e. The van der Waals surface area contributed by atoms with Gasteiger partial charge >= 0.3 is 5.97 Å². The lowest BCUT2D eigenvalue weighted by atomic mass is 10.0. The van der Waals surface area contributed by atoms with Gasteiger partial charge in [-0.2, -0.15) is 0 Å². The van der Waals surface area contributed by atoms with E-state index in [1.54, 1.807) is 0 Å². The lowest BCUT2D eigenvalue weighted by Crippen LogP contribution is -2.45. The number of hydrogen-bond acceptors (Lipinski definition) is 5. The van der Waals surface area contributed by atoms with E-state index < -0.39 is 12.1 Å². The van der Waals surface area contributed by atoms with Crippen molar-refractivity contribution in [3.8, 4) is 0 Å². The molecule has 0 aliphatic carbocycles. The number of unbranched alkanes of at least 4 members (excludes halogenated alkanes) is 49. The average Bonchev–Trinajstić information content (AvgIpc) is 3.35. The molecule has 2 atom stereocenters. The van der Waals surface area contributed by atoms with Crippen LogP contribution in [0.2, 0.25) is 0 Å². The number of aliphatic hydroxyl groups excluding tert-OH is 2. The second kappa shape index (κ2) is 59.4. The first-order valence-electron chi connectivity index (χ1n) is 31.8. The molecule has 0 saturated heterocycles. The second-order valence-corrected chi connectivity index (χ2v) is 22.1. The largest absolute Gasteiger partial charge is 0.466 e. The van der Waals surface area contributed by atoms with Gasteiger partial charge < -0.3 is 20.3 Å². The van der Waals surface area contributed by atoms with E-state index >= 15 is 0 Å². The van der Waals surface area contributed by atoms with Crippen LogP contribution in [0.4, 0.5) is 0 Å². The maximum Gasteiger partial charge on any atom is 0.305 e. The molecule has 1 amide bonds. The van der Waals surface area contributed by atoms with Gasteiger partial charge in [0, 0.05) is 12.8 Å². The fraction of sp³-hybridized carbons (Fsp3) is 0.968. The monoisotopic (exact) mass is 976 g/mol.